The summed E-state index contributed by atoms with van der Waals surface area (Å²) in [5.74, 6) is -1.21. The lowest BCUT2D eigenvalue weighted by Gasteiger charge is -2.13. The molecule has 0 radical (unpaired) electrons. The van der Waals surface area contributed by atoms with Gasteiger partial charge in [-0.05, 0) is 73.4 Å². The average molecular weight is 464 g/mol. The van der Waals surface area contributed by atoms with Crippen molar-refractivity contribution in [3.05, 3.63) is 88.0 Å². The molecular formula is C25H22FN3O3S. The Bertz CT molecular complexity index is 1390. The maximum atomic E-state index is 13.5. The van der Waals surface area contributed by atoms with E-state index in [0.29, 0.717) is 16.5 Å². The molecule has 0 aliphatic rings. The molecule has 4 aromatic rings. The molecule has 1 aromatic heterocycles. The number of aryl methyl sites for hydroxylation is 3. The van der Waals surface area contributed by atoms with Crippen molar-refractivity contribution in [1.82, 2.24) is 15.0 Å². The third kappa shape index (κ3) is 5.12. The van der Waals surface area contributed by atoms with E-state index in [1.807, 2.05) is 37.3 Å². The van der Waals surface area contributed by atoms with Crippen LogP contribution in [0.15, 0.2) is 70.4 Å². The van der Waals surface area contributed by atoms with E-state index < -0.39 is 11.2 Å². The zero-order valence-electron chi connectivity index (χ0n) is 18.2. The summed E-state index contributed by atoms with van der Waals surface area (Å²) in [6.45, 7) is 3.75. The van der Waals surface area contributed by atoms with Gasteiger partial charge in [-0.15, -0.1) is 16.9 Å². The summed E-state index contributed by atoms with van der Waals surface area (Å²) < 4.78 is 14.7. The van der Waals surface area contributed by atoms with Crippen molar-refractivity contribution in [2.45, 2.75) is 37.0 Å². The predicted molar refractivity (Wildman–Crippen MR) is 127 cm³/mol. The lowest BCUT2D eigenvalue weighted by atomic mass is 10.0. The van der Waals surface area contributed by atoms with Crippen LogP contribution in [0.5, 0.6) is 0 Å². The highest BCUT2D eigenvalue weighted by molar-refractivity contribution is 8.00. The minimum absolute atomic E-state index is 0.145. The number of halogens is 1. The van der Waals surface area contributed by atoms with Crippen molar-refractivity contribution < 1.29 is 14.3 Å². The van der Waals surface area contributed by atoms with E-state index in [1.54, 1.807) is 31.2 Å². The highest BCUT2D eigenvalue weighted by Crippen LogP contribution is 2.29. The Balaban J connectivity index is 1.48. The van der Waals surface area contributed by atoms with Gasteiger partial charge in [0.2, 0.25) is 0 Å². The van der Waals surface area contributed by atoms with Gasteiger partial charge in [-0.25, -0.2) is 9.07 Å². The zero-order chi connectivity index (χ0) is 23.5. The lowest BCUT2D eigenvalue weighted by Crippen LogP contribution is -2.27. The summed E-state index contributed by atoms with van der Waals surface area (Å²) in [6.07, 6.45) is 0.213. The van der Waals surface area contributed by atoms with Gasteiger partial charge in [0.25, 0.3) is 5.56 Å². The fraction of sp³-hybridized carbons (Fsp3) is 0.200. The number of aliphatic carboxylic acids is 1. The number of carboxylic acids is 1. The Morgan fingerprint density at radius 1 is 1.06 bits per heavy atom. The number of nitrogens with zero attached hydrogens (tertiary/aromatic N) is 3. The van der Waals surface area contributed by atoms with Gasteiger partial charge in [0.05, 0.1) is 5.39 Å². The van der Waals surface area contributed by atoms with Crippen LogP contribution in [0.3, 0.4) is 0 Å². The molecule has 1 N–H and O–H groups in total. The molecule has 0 fully saturated rings. The van der Waals surface area contributed by atoms with E-state index in [1.165, 1.54) is 22.5 Å². The second-order valence-corrected chi connectivity index (χ2v) is 9.14. The monoisotopic (exact) mass is 463 g/mol. The molecule has 168 valence electrons. The maximum Gasteiger partial charge on any atom is 0.317 e. The Hall–Kier alpha value is -3.52. The maximum absolute atomic E-state index is 13.5. The highest BCUT2D eigenvalue weighted by atomic mass is 32.2. The molecule has 1 atom stereocenters. The Morgan fingerprint density at radius 3 is 2.48 bits per heavy atom. The zero-order valence-corrected chi connectivity index (χ0v) is 19.0. The second-order valence-electron chi connectivity index (χ2n) is 7.86. The smallest absolute Gasteiger partial charge is 0.317 e. The van der Waals surface area contributed by atoms with Crippen molar-refractivity contribution in [2.24, 2.45) is 0 Å². The molecule has 3 aromatic carbocycles. The van der Waals surface area contributed by atoms with Crippen molar-refractivity contribution in [1.29, 1.82) is 0 Å². The normalized spacial score (nSPS) is 12.1. The molecule has 0 bridgehead atoms. The van der Waals surface area contributed by atoms with Gasteiger partial charge in [-0.1, -0.05) is 35.0 Å². The molecule has 8 heteroatoms. The minimum atomic E-state index is -0.962. The third-order valence-electron chi connectivity index (χ3n) is 5.38. The molecule has 1 unspecified atom stereocenters. The number of carbonyl (C=O) groups is 1. The summed E-state index contributed by atoms with van der Waals surface area (Å²) in [5.41, 5.74) is 3.56. The molecule has 0 saturated heterocycles. The molecule has 0 saturated carbocycles. The summed E-state index contributed by atoms with van der Waals surface area (Å²) in [4.78, 5) is 25.4. The number of rotatable bonds is 7. The molecule has 0 aliphatic carbocycles. The predicted octanol–water partition coefficient (Wildman–Crippen LogP) is 4.85. The number of carboxylic acid groups (broad SMARTS) is 1. The fourth-order valence-electron chi connectivity index (χ4n) is 3.52. The standard InChI is InChI=1S/C25H22FN3O3S/c1-15-3-10-22-20(13-15)24(30)29(28-27-22)12-11-23(25(31)32)33-19-7-4-17(5-8-19)18-6-9-21(26)16(2)14-18/h3-10,13-14,23H,11-12H2,1-2H3,(H,31,32). The van der Waals surface area contributed by atoms with Crippen molar-refractivity contribution >= 4 is 28.6 Å². The van der Waals surface area contributed by atoms with E-state index in [9.17, 15) is 19.1 Å². The molecule has 0 amide bonds. The molecule has 4 rings (SSSR count). The van der Waals surface area contributed by atoms with E-state index in [4.69, 9.17) is 0 Å². The number of hydrogen-bond donors (Lipinski definition) is 1. The molecular weight excluding hydrogens is 441 g/mol. The summed E-state index contributed by atoms with van der Waals surface area (Å²) in [7, 11) is 0. The van der Waals surface area contributed by atoms with Gasteiger partial charge in [0.1, 0.15) is 16.6 Å². The van der Waals surface area contributed by atoms with Crippen molar-refractivity contribution in [3.8, 4) is 11.1 Å². The van der Waals surface area contributed by atoms with Crippen LogP contribution in [-0.2, 0) is 11.3 Å². The summed E-state index contributed by atoms with van der Waals surface area (Å²) >= 11 is 1.21. The number of hydrogen-bond acceptors (Lipinski definition) is 5. The first kappa shape index (κ1) is 22.7. The third-order valence-corrected chi connectivity index (χ3v) is 6.65. The van der Waals surface area contributed by atoms with E-state index >= 15 is 0 Å². The summed E-state index contributed by atoms with van der Waals surface area (Å²) in [5, 5.41) is 17.4. The second kappa shape index (κ2) is 9.54. The van der Waals surface area contributed by atoms with Crippen LogP contribution in [0, 0.1) is 19.7 Å². The fourth-order valence-corrected chi connectivity index (χ4v) is 4.47. The van der Waals surface area contributed by atoms with Crippen LogP contribution >= 0.6 is 11.8 Å². The molecule has 6 nitrogen and oxygen atoms in total. The minimum Gasteiger partial charge on any atom is -0.480 e. The van der Waals surface area contributed by atoms with Crippen LogP contribution in [-0.4, -0.2) is 31.3 Å². The topological polar surface area (TPSA) is 85.1 Å². The van der Waals surface area contributed by atoms with Crippen LogP contribution in [0.1, 0.15) is 17.5 Å². The van der Waals surface area contributed by atoms with Crippen molar-refractivity contribution in [2.75, 3.05) is 0 Å². The Morgan fingerprint density at radius 2 is 1.79 bits per heavy atom. The first-order valence-electron chi connectivity index (χ1n) is 10.4. The van der Waals surface area contributed by atoms with Crippen molar-refractivity contribution in [3.63, 3.8) is 0 Å². The van der Waals surface area contributed by atoms with E-state index in [-0.39, 0.29) is 24.3 Å². The van der Waals surface area contributed by atoms with Crippen LogP contribution in [0.25, 0.3) is 22.0 Å². The van der Waals surface area contributed by atoms with Crippen LogP contribution in [0.4, 0.5) is 4.39 Å². The van der Waals surface area contributed by atoms with Gasteiger partial charge < -0.3 is 5.11 Å². The number of aromatic nitrogens is 3. The first-order chi connectivity index (χ1) is 15.8. The largest absolute Gasteiger partial charge is 0.480 e. The molecule has 0 aliphatic heterocycles. The Kier molecular flexibility index (Phi) is 6.55. The van der Waals surface area contributed by atoms with Gasteiger partial charge in [-0.3, -0.25) is 9.59 Å². The van der Waals surface area contributed by atoms with Gasteiger partial charge in [-0.2, -0.15) is 0 Å². The average Bonchev–Trinajstić information content (AvgIpc) is 2.80. The highest BCUT2D eigenvalue weighted by Gasteiger charge is 2.20. The first-order valence-corrected chi connectivity index (χ1v) is 11.3. The van der Waals surface area contributed by atoms with Crippen LogP contribution < -0.4 is 5.56 Å². The number of thioether (sulfide) groups is 1. The van der Waals surface area contributed by atoms with Crippen LogP contribution in [0.2, 0.25) is 0 Å². The van der Waals surface area contributed by atoms with Gasteiger partial charge in [0, 0.05) is 11.4 Å². The molecule has 0 spiro atoms. The summed E-state index contributed by atoms with van der Waals surface area (Å²) in [6, 6.07) is 17.8. The van der Waals surface area contributed by atoms with E-state index in [0.717, 1.165) is 21.6 Å². The van der Waals surface area contributed by atoms with E-state index in [2.05, 4.69) is 10.3 Å². The number of fused-ring (bicyclic) bond motifs is 1. The molecule has 33 heavy (non-hydrogen) atoms. The Labute approximate surface area is 194 Å². The number of benzene rings is 3. The SMILES string of the molecule is Cc1ccc2nnn(CCC(Sc3ccc(-c4ccc(F)c(C)c4)cc3)C(=O)O)c(=O)c2c1. The van der Waals surface area contributed by atoms with Gasteiger partial charge >= 0.3 is 5.97 Å². The lowest BCUT2D eigenvalue weighted by molar-refractivity contribution is -0.136. The quantitative estimate of drug-likeness (QED) is 0.395. The molecule has 1 heterocycles. The van der Waals surface area contributed by atoms with Gasteiger partial charge in [0.15, 0.2) is 0 Å².